The topological polar surface area (TPSA) is 51.2 Å². The lowest BCUT2D eigenvalue weighted by Gasteiger charge is -2.17. The Morgan fingerprint density at radius 3 is 2.67 bits per heavy atom. The van der Waals surface area contributed by atoms with E-state index in [1.54, 1.807) is 0 Å². The summed E-state index contributed by atoms with van der Waals surface area (Å²) in [5, 5.41) is 2.68. The number of carbonyl (C=O) groups is 1. The fourth-order valence-corrected chi connectivity index (χ4v) is 1.56. The molecule has 0 aliphatic rings. The maximum absolute atomic E-state index is 13.5. The molecule has 0 aliphatic carbocycles. The van der Waals surface area contributed by atoms with Crippen LogP contribution in [0.15, 0.2) is 16.7 Å². The summed E-state index contributed by atoms with van der Waals surface area (Å²) in [6, 6.07) is 1.52. The molecule has 0 aromatic carbocycles. The fourth-order valence-electron chi connectivity index (χ4n) is 1.02. The Morgan fingerprint density at radius 2 is 2.22 bits per heavy atom. The third-order valence-electron chi connectivity index (χ3n) is 2.03. The number of hydrogen-bond donors (Lipinski definition) is 1. The quantitative estimate of drug-likeness (QED) is 0.679. The number of rotatable bonds is 3. The molecule has 1 heterocycles. The molecule has 0 aliphatic heterocycles. The van der Waals surface area contributed by atoms with Gasteiger partial charge in [0.2, 0.25) is 0 Å². The number of esters is 1. The number of methoxy groups -OCH3 is 1. The number of aromatic nitrogens is 1. The van der Waals surface area contributed by atoms with Crippen LogP contribution in [0.5, 0.6) is 0 Å². The fraction of sp³-hybridized carbons (Fsp3) is 0.364. The largest absolute Gasteiger partial charge is 0.465 e. The number of pyridine rings is 1. The van der Waals surface area contributed by atoms with Crippen molar-refractivity contribution in [3.63, 3.8) is 0 Å². The van der Waals surface area contributed by atoms with Crippen LogP contribution in [0.3, 0.4) is 0 Å². The predicted molar refractivity (Wildman–Crippen MR) is 74.7 cm³/mol. The normalized spacial score (nSPS) is 10.9. The minimum Gasteiger partial charge on any atom is -0.465 e. The second-order valence-corrected chi connectivity index (χ2v) is 5.24. The van der Waals surface area contributed by atoms with Gasteiger partial charge in [0, 0.05) is 6.20 Å². The van der Waals surface area contributed by atoms with E-state index in [4.69, 9.17) is 12.2 Å². The van der Waals surface area contributed by atoms with Crippen molar-refractivity contribution in [2.45, 2.75) is 19.5 Å². The smallest absolute Gasteiger partial charge is 0.339 e. The van der Waals surface area contributed by atoms with E-state index in [0.717, 1.165) is 0 Å². The number of alkyl halides is 1. The van der Waals surface area contributed by atoms with Gasteiger partial charge in [-0.1, -0.05) is 12.2 Å². The molecule has 1 N–H and O–H groups in total. The minimum atomic E-state index is -1.64. The molecule has 0 saturated heterocycles. The average Bonchev–Trinajstić information content (AvgIpc) is 2.29. The van der Waals surface area contributed by atoms with Gasteiger partial charge in [-0.05, 0) is 35.8 Å². The number of anilines is 1. The first-order valence-corrected chi connectivity index (χ1v) is 6.20. The summed E-state index contributed by atoms with van der Waals surface area (Å²) >= 11 is 8.13. The minimum absolute atomic E-state index is 0.0153. The van der Waals surface area contributed by atoms with Gasteiger partial charge >= 0.3 is 5.97 Å². The number of ether oxygens (including phenoxy) is 1. The molecule has 0 spiro atoms. The molecular formula is C11H12BrFN2O2S. The lowest BCUT2D eigenvalue weighted by molar-refractivity contribution is 0.0600. The molecule has 4 nitrogen and oxygen atoms in total. The summed E-state index contributed by atoms with van der Waals surface area (Å²) in [7, 11) is 1.28. The zero-order valence-electron chi connectivity index (χ0n) is 10.1. The van der Waals surface area contributed by atoms with Gasteiger partial charge in [0.05, 0.1) is 17.1 Å². The molecule has 7 heteroatoms. The van der Waals surface area contributed by atoms with Crippen LogP contribution >= 0.6 is 28.1 Å². The van der Waals surface area contributed by atoms with Crippen molar-refractivity contribution in [3.8, 4) is 0 Å². The molecule has 0 saturated carbocycles. The number of nitrogens with zero attached hydrogens (tertiary/aromatic N) is 1. The average molecular weight is 335 g/mol. The molecule has 0 unspecified atom stereocenters. The van der Waals surface area contributed by atoms with Gasteiger partial charge in [-0.2, -0.15) is 0 Å². The van der Waals surface area contributed by atoms with Crippen molar-refractivity contribution in [1.82, 2.24) is 4.98 Å². The third kappa shape index (κ3) is 3.71. The van der Waals surface area contributed by atoms with Crippen molar-refractivity contribution in [3.05, 3.63) is 22.3 Å². The van der Waals surface area contributed by atoms with Crippen molar-refractivity contribution < 1.29 is 13.9 Å². The lowest BCUT2D eigenvalue weighted by Crippen LogP contribution is -2.31. The van der Waals surface area contributed by atoms with Crippen LogP contribution in [-0.4, -0.2) is 28.7 Å². The number of nitrogens with one attached hydrogen (secondary N) is 1. The van der Waals surface area contributed by atoms with Crippen LogP contribution in [0.1, 0.15) is 24.2 Å². The highest BCUT2D eigenvalue weighted by molar-refractivity contribution is 9.10. The van der Waals surface area contributed by atoms with E-state index in [2.05, 4.69) is 31.0 Å². The summed E-state index contributed by atoms with van der Waals surface area (Å²) < 4.78 is 18.6. The Bertz CT molecular complexity index is 488. The van der Waals surface area contributed by atoms with E-state index in [1.807, 2.05) is 0 Å². The van der Waals surface area contributed by atoms with E-state index in [1.165, 1.54) is 33.2 Å². The van der Waals surface area contributed by atoms with Crippen LogP contribution in [0, 0.1) is 0 Å². The molecule has 1 aromatic heterocycles. The predicted octanol–water partition coefficient (Wildman–Crippen LogP) is 3.12. The standard InChI is InChI=1S/C11H12BrFN2O2S/c1-11(2,13)10(18)15-8-7(12)4-6(5-14-8)9(16)17-3/h4-5H,1-3H3,(H,14,15,18). The SMILES string of the molecule is COC(=O)c1cnc(NC(=S)C(C)(C)F)c(Br)c1. The number of halogens is 2. The van der Waals surface area contributed by atoms with E-state index < -0.39 is 11.6 Å². The van der Waals surface area contributed by atoms with Crippen LogP contribution in [0.25, 0.3) is 0 Å². The van der Waals surface area contributed by atoms with Gasteiger partial charge in [-0.25, -0.2) is 14.2 Å². The molecule has 0 fully saturated rings. The summed E-state index contributed by atoms with van der Waals surface area (Å²) in [4.78, 5) is 15.3. The summed E-state index contributed by atoms with van der Waals surface area (Å²) in [5.74, 6) is -0.151. The van der Waals surface area contributed by atoms with Gasteiger partial charge < -0.3 is 10.1 Å². The summed E-state index contributed by atoms with van der Waals surface area (Å²) in [6.45, 7) is 2.69. The molecule has 98 valence electrons. The Labute approximate surface area is 118 Å². The first kappa shape index (κ1) is 15.0. The number of hydrogen-bond acceptors (Lipinski definition) is 4. The Balaban J connectivity index is 2.94. The second-order valence-electron chi connectivity index (χ2n) is 3.97. The molecule has 18 heavy (non-hydrogen) atoms. The highest BCUT2D eigenvalue weighted by atomic mass is 79.9. The first-order chi connectivity index (χ1) is 8.25. The summed E-state index contributed by atoms with van der Waals surface area (Å²) in [5.41, 5.74) is -1.35. The maximum atomic E-state index is 13.5. The second kappa shape index (κ2) is 5.71. The lowest BCUT2D eigenvalue weighted by atomic mass is 10.2. The first-order valence-electron chi connectivity index (χ1n) is 5.00. The zero-order valence-corrected chi connectivity index (χ0v) is 12.5. The van der Waals surface area contributed by atoms with Crippen molar-refractivity contribution in [2.24, 2.45) is 0 Å². The van der Waals surface area contributed by atoms with Crippen LogP contribution in [0.4, 0.5) is 10.2 Å². The molecule has 1 aromatic rings. The van der Waals surface area contributed by atoms with Gasteiger partial charge in [0.15, 0.2) is 5.67 Å². The molecule has 0 amide bonds. The zero-order chi connectivity index (χ0) is 13.9. The van der Waals surface area contributed by atoms with Crippen LogP contribution < -0.4 is 5.32 Å². The maximum Gasteiger partial charge on any atom is 0.339 e. The number of carbonyl (C=O) groups excluding carboxylic acids is 1. The molecule has 1 rings (SSSR count). The van der Waals surface area contributed by atoms with Gasteiger partial charge in [-0.15, -0.1) is 0 Å². The van der Waals surface area contributed by atoms with E-state index in [0.29, 0.717) is 15.9 Å². The van der Waals surface area contributed by atoms with Crippen molar-refractivity contribution in [1.29, 1.82) is 0 Å². The molecule has 0 radical (unpaired) electrons. The Hall–Kier alpha value is -1.08. The van der Waals surface area contributed by atoms with E-state index >= 15 is 0 Å². The third-order valence-corrected chi connectivity index (χ3v) is 3.23. The van der Waals surface area contributed by atoms with Gasteiger partial charge in [0.25, 0.3) is 0 Å². The molecule has 0 bridgehead atoms. The Kier molecular flexibility index (Phi) is 4.75. The van der Waals surface area contributed by atoms with Gasteiger partial charge in [0.1, 0.15) is 10.8 Å². The number of thiocarbonyl (C=S) groups is 1. The van der Waals surface area contributed by atoms with Gasteiger partial charge in [-0.3, -0.25) is 0 Å². The summed E-state index contributed by atoms with van der Waals surface area (Å²) in [6.07, 6.45) is 1.33. The van der Waals surface area contributed by atoms with Crippen molar-refractivity contribution >= 4 is 44.9 Å². The highest BCUT2D eigenvalue weighted by Gasteiger charge is 2.23. The monoisotopic (exact) mass is 334 g/mol. The van der Waals surface area contributed by atoms with E-state index in [-0.39, 0.29) is 4.99 Å². The molecular weight excluding hydrogens is 323 g/mol. The molecule has 0 atom stereocenters. The Morgan fingerprint density at radius 1 is 1.61 bits per heavy atom. The van der Waals surface area contributed by atoms with Crippen molar-refractivity contribution in [2.75, 3.05) is 12.4 Å². The van der Waals surface area contributed by atoms with E-state index in [9.17, 15) is 9.18 Å². The van der Waals surface area contributed by atoms with Crippen LogP contribution in [0.2, 0.25) is 0 Å². The highest BCUT2D eigenvalue weighted by Crippen LogP contribution is 2.23. The van der Waals surface area contributed by atoms with Crippen LogP contribution in [-0.2, 0) is 4.74 Å².